The predicted octanol–water partition coefficient (Wildman–Crippen LogP) is 3.76. The van der Waals surface area contributed by atoms with Crippen LogP contribution in [0, 0.1) is 17.6 Å². The molecule has 0 aliphatic carbocycles. The molecule has 1 unspecified atom stereocenters. The molecule has 3 heterocycles. The lowest BCUT2D eigenvalue weighted by atomic mass is 9.90. The van der Waals surface area contributed by atoms with E-state index in [1.165, 1.54) is 30.5 Å². The van der Waals surface area contributed by atoms with Crippen LogP contribution in [0.1, 0.15) is 37.6 Å². The number of nitrogens with two attached hydrogens (primary N) is 1. The fourth-order valence-corrected chi connectivity index (χ4v) is 5.42. The third-order valence-electron chi connectivity index (χ3n) is 6.88. The largest absolute Gasteiger partial charge is 0.491 e. The lowest BCUT2D eigenvalue weighted by Gasteiger charge is -2.36. The summed E-state index contributed by atoms with van der Waals surface area (Å²) in [4.78, 5) is 23.2. The number of aromatic nitrogens is 2. The van der Waals surface area contributed by atoms with E-state index in [4.69, 9.17) is 10.5 Å². The quantitative estimate of drug-likeness (QED) is 0.492. The predicted molar refractivity (Wildman–Crippen MR) is 135 cm³/mol. The second-order valence-electron chi connectivity index (χ2n) is 9.36. The highest BCUT2D eigenvalue weighted by Crippen LogP contribution is 2.40. The van der Waals surface area contributed by atoms with Gasteiger partial charge < -0.3 is 15.4 Å². The van der Waals surface area contributed by atoms with Gasteiger partial charge >= 0.3 is 0 Å². The number of pyridine rings is 2. The maximum Gasteiger partial charge on any atom is 0.268 e. The van der Waals surface area contributed by atoms with Gasteiger partial charge in [-0.1, -0.05) is 6.92 Å². The van der Waals surface area contributed by atoms with Gasteiger partial charge in [0.05, 0.1) is 18.4 Å². The third kappa shape index (κ3) is 4.80. The van der Waals surface area contributed by atoms with Crippen LogP contribution in [0.15, 0.2) is 47.5 Å². The van der Waals surface area contributed by atoms with E-state index in [2.05, 4.69) is 16.9 Å². The van der Waals surface area contributed by atoms with Crippen LogP contribution in [-0.2, 0) is 10.0 Å². The van der Waals surface area contributed by atoms with Crippen molar-refractivity contribution in [2.75, 3.05) is 24.3 Å². The Kier molecular flexibility index (Phi) is 6.80. The molecule has 0 saturated carbocycles. The molecule has 1 saturated heterocycles. The summed E-state index contributed by atoms with van der Waals surface area (Å²) >= 11 is 0. The van der Waals surface area contributed by atoms with Gasteiger partial charge in [-0.25, -0.2) is 31.9 Å². The topological polar surface area (TPSA) is 128 Å². The Labute approximate surface area is 213 Å². The van der Waals surface area contributed by atoms with E-state index in [0.717, 1.165) is 25.7 Å². The van der Waals surface area contributed by atoms with Crippen LogP contribution in [0.4, 0.5) is 20.4 Å². The monoisotopic (exact) mass is 531 g/mol. The molecule has 37 heavy (non-hydrogen) atoms. The van der Waals surface area contributed by atoms with Gasteiger partial charge in [0.2, 0.25) is 0 Å². The van der Waals surface area contributed by atoms with E-state index in [9.17, 15) is 22.0 Å². The van der Waals surface area contributed by atoms with Crippen molar-refractivity contribution in [3.05, 3.63) is 59.8 Å². The Balaban J connectivity index is 1.81. The minimum atomic E-state index is -4.35. The number of nitrogens with zero attached hydrogens (tertiary/aromatic N) is 3. The Morgan fingerprint density at radius 3 is 2.46 bits per heavy atom. The Hall–Kier alpha value is -3.80. The average molecular weight is 532 g/mol. The van der Waals surface area contributed by atoms with Crippen molar-refractivity contribution in [2.24, 2.45) is 5.92 Å². The summed E-state index contributed by atoms with van der Waals surface area (Å²) < 4.78 is 61.4. The number of halogens is 2. The SMILES string of the molecule is COc1c(F)cc(-c2ccc(C(=O)NS(=O)(=O)c3cccnc3N)c(N3CCC(C)C3(C)C)n2)cc1F. The van der Waals surface area contributed by atoms with E-state index in [0.29, 0.717) is 6.54 Å². The average Bonchev–Trinajstić information content (AvgIpc) is 3.10. The number of sulfonamides is 1. The normalized spacial score (nSPS) is 17.0. The minimum Gasteiger partial charge on any atom is -0.491 e. The van der Waals surface area contributed by atoms with E-state index in [-0.39, 0.29) is 39.3 Å². The molecule has 2 aromatic heterocycles. The number of nitrogen functional groups attached to an aromatic ring is 1. The summed E-state index contributed by atoms with van der Waals surface area (Å²) in [6.07, 6.45) is 2.13. The summed E-state index contributed by atoms with van der Waals surface area (Å²) in [7, 11) is -3.18. The van der Waals surface area contributed by atoms with Gasteiger partial charge in [-0.15, -0.1) is 0 Å². The fraction of sp³-hybridized carbons (Fsp3) is 0.320. The Morgan fingerprint density at radius 1 is 1.22 bits per heavy atom. The third-order valence-corrected chi connectivity index (χ3v) is 8.26. The van der Waals surface area contributed by atoms with Crippen molar-refractivity contribution in [3.8, 4) is 17.0 Å². The number of ether oxygens (including phenoxy) is 1. The zero-order valence-electron chi connectivity index (χ0n) is 20.7. The van der Waals surface area contributed by atoms with Crippen LogP contribution in [0.3, 0.4) is 0 Å². The van der Waals surface area contributed by atoms with E-state index in [1.54, 1.807) is 0 Å². The molecule has 196 valence electrons. The number of nitrogens with one attached hydrogen (secondary N) is 1. The molecule has 1 aliphatic rings. The number of amides is 1. The summed E-state index contributed by atoms with van der Waals surface area (Å²) in [6, 6.07) is 7.57. The van der Waals surface area contributed by atoms with Crippen LogP contribution < -0.4 is 20.1 Å². The van der Waals surface area contributed by atoms with Gasteiger partial charge in [0.1, 0.15) is 16.5 Å². The van der Waals surface area contributed by atoms with Gasteiger partial charge in [-0.05, 0) is 62.6 Å². The zero-order chi connectivity index (χ0) is 27.1. The minimum absolute atomic E-state index is 0.0218. The number of carbonyl (C=O) groups excluding carboxylic acids is 1. The molecule has 1 aliphatic heterocycles. The van der Waals surface area contributed by atoms with Crippen molar-refractivity contribution < 1.29 is 26.7 Å². The zero-order valence-corrected chi connectivity index (χ0v) is 21.6. The first-order valence-corrected chi connectivity index (χ1v) is 12.9. The molecule has 0 radical (unpaired) electrons. The summed E-state index contributed by atoms with van der Waals surface area (Å²) in [6.45, 7) is 6.58. The number of rotatable bonds is 6. The van der Waals surface area contributed by atoms with Crippen molar-refractivity contribution in [3.63, 3.8) is 0 Å². The molecular weight excluding hydrogens is 504 g/mol. The molecule has 0 spiro atoms. The molecule has 0 bridgehead atoms. The van der Waals surface area contributed by atoms with Crippen molar-refractivity contribution in [2.45, 2.75) is 37.6 Å². The van der Waals surface area contributed by atoms with Gasteiger partial charge in [0.25, 0.3) is 15.9 Å². The summed E-state index contributed by atoms with van der Waals surface area (Å²) in [5.74, 6) is -3.10. The summed E-state index contributed by atoms with van der Waals surface area (Å²) in [5.41, 5.74) is 5.56. The highest BCUT2D eigenvalue weighted by Gasteiger charge is 2.41. The number of hydrogen-bond donors (Lipinski definition) is 2. The first kappa shape index (κ1) is 26.3. The standard InChI is InChI=1S/C25H27F2N5O4S/c1-14-9-11-32(25(14,2)3)23-16(24(33)31-37(34,35)20-6-5-10-29-22(20)28)7-8-19(30-23)15-12-17(26)21(36-4)18(27)13-15/h5-8,10,12-14H,9,11H2,1-4H3,(H2,28,29)(H,31,33). The second-order valence-corrected chi connectivity index (χ2v) is 11.0. The van der Waals surface area contributed by atoms with Crippen LogP contribution in [-0.4, -0.2) is 43.5 Å². The molecule has 1 fully saturated rings. The highest BCUT2D eigenvalue weighted by molar-refractivity contribution is 7.90. The van der Waals surface area contributed by atoms with Gasteiger partial charge in [0.15, 0.2) is 17.4 Å². The number of anilines is 2. The van der Waals surface area contributed by atoms with Crippen LogP contribution in [0.5, 0.6) is 5.75 Å². The number of carbonyl (C=O) groups is 1. The van der Waals surface area contributed by atoms with E-state index >= 15 is 0 Å². The number of benzene rings is 1. The molecule has 1 amide bonds. The fourth-order valence-electron chi connectivity index (χ4n) is 4.37. The maximum absolute atomic E-state index is 14.4. The molecule has 3 aromatic rings. The molecule has 9 nitrogen and oxygen atoms in total. The van der Waals surface area contributed by atoms with Crippen LogP contribution in [0.25, 0.3) is 11.3 Å². The molecule has 4 rings (SSSR count). The lowest BCUT2D eigenvalue weighted by Crippen LogP contribution is -2.43. The van der Waals surface area contributed by atoms with Gasteiger partial charge in [0, 0.05) is 23.8 Å². The second kappa shape index (κ2) is 9.58. The van der Waals surface area contributed by atoms with Gasteiger partial charge in [-0.2, -0.15) is 0 Å². The highest BCUT2D eigenvalue weighted by atomic mass is 32.2. The lowest BCUT2D eigenvalue weighted by molar-refractivity contribution is 0.0981. The molecule has 1 atom stereocenters. The molecule has 1 aromatic carbocycles. The molecule has 12 heteroatoms. The van der Waals surface area contributed by atoms with Gasteiger partial charge in [-0.3, -0.25) is 4.79 Å². The van der Waals surface area contributed by atoms with Crippen LogP contribution >= 0.6 is 0 Å². The Morgan fingerprint density at radius 2 is 1.89 bits per heavy atom. The molecular formula is C25H27F2N5O4S. The maximum atomic E-state index is 14.4. The van der Waals surface area contributed by atoms with Crippen molar-refractivity contribution >= 4 is 27.6 Å². The number of hydrogen-bond acceptors (Lipinski definition) is 8. The smallest absolute Gasteiger partial charge is 0.268 e. The van der Waals surface area contributed by atoms with E-state index in [1.807, 2.05) is 23.5 Å². The number of methoxy groups -OCH3 is 1. The Bertz CT molecular complexity index is 1460. The molecule has 3 N–H and O–H groups in total. The van der Waals surface area contributed by atoms with Crippen molar-refractivity contribution in [1.82, 2.24) is 14.7 Å². The summed E-state index contributed by atoms with van der Waals surface area (Å²) in [5, 5.41) is 0. The van der Waals surface area contributed by atoms with E-state index < -0.39 is 38.9 Å². The first-order valence-electron chi connectivity index (χ1n) is 11.5. The van der Waals surface area contributed by atoms with Crippen molar-refractivity contribution in [1.29, 1.82) is 0 Å². The van der Waals surface area contributed by atoms with Crippen LogP contribution in [0.2, 0.25) is 0 Å². The first-order chi connectivity index (χ1) is 17.4.